The molecule has 0 rings (SSSR count). The summed E-state index contributed by atoms with van der Waals surface area (Å²) in [5.41, 5.74) is 0. The Bertz CT molecular complexity index is 28.0. The maximum absolute atomic E-state index is 8.43. The minimum atomic E-state index is -0.481. The van der Waals surface area contributed by atoms with Gasteiger partial charge in [0, 0.05) is 0 Å². The quantitative estimate of drug-likeness (QED) is 0.467. The van der Waals surface area contributed by atoms with Gasteiger partial charge in [0.25, 0.3) is 0 Å². The molecule has 2 unspecified atom stereocenters. The zero-order chi connectivity index (χ0) is 4.99. The number of rotatable bonds is 2. The van der Waals surface area contributed by atoms with E-state index < -0.39 is 6.10 Å². The standard InChI is InChI=1S/C3H9AsO2/c4-1-3(6)2-5/h3,5-6H,1-2,4H2. The molecule has 0 saturated carbocycles. The summed E-state index contributed by atoms with van der Waals surface area (Å²) in [6.07, 6.45) is -0.481. The molecule has 0 fully saturated rings. The van der Waals surface area contributed by atoms with E-state index in [1.54, 1.807) is 0 Å². The summed E-state index contributed by atoms with van der Waals surface area (Å²) in [6, 6.07) is 0. The third kappa shape index (κ3) is 2.70. The minimum absolute atomic E-state index is 0.0990. The van der Waals surface area contributed by atoms with E-state index in [9.17, 15) is 0 Å². The molecule has 0 radical (unpaired) electrons. The molecule has 0 aromatic carbocycles. The predicted octanol–water partition coefficient (Wildman–Crippen LogP) is -1.61. The average molecular weight is 152 g/mol. The van der Waals surface area contributed by atoms with E-state index in [-0.39, 0.29) is 6.61 Å². The van der Waals surface area contributed by atoms with Crippen LogP contribution in [0.2, 0.25) is 5.21 Å². The predicted molar refractivity (Wildman–Crippen MR) is 26.4 cm³/mol. The van der Waals surface area contributed by atoms with Crippen molar-refractivity contribution < 1.29 is 10.2 Å². The van der Waals surface area contributed by atoms with Gasteiger partial charge >= 0.3 is 45.0 Å². The van der Waals surface area contributed by atoms with Crippen LogP contribution in [0.4, 0.5) is 0 Å². The third-order valence-corrected chi connectivity index (χ3v) is 1.62. The van der Waals surface area contributed by atoms with Gasteiger partial charge in [-0.3, -0.25) is 0 Å². The van der Waals surface area contributed by atoms with Crippen LogP contribution < -0.4 is 0 Å². The number of hydrogen-bond donors (Lipinski definition) is 2. The Labute approximate surface area is 45.7 Å². The third-order valence-electron chi connectivity index (χ3n) is 0.483. The van der Waals surface area contributed by atoms with Crippen LogP contribution in [0.15, 0.2) is 0 Å². The van der Waals surface area contributed by atoms with Crippen molar-refractivity contribution >= 4 is 16.9 Å². The summed E-state index contributed by atoms with van der Waals surface area (Å²) >= 11 is 1.44. The first-order valence-corrected chi connectivity index (χ1v) is 3.51. The Kier molecular flexibility index (Phi) is 3.95. The van der Waals surface area contributed by atoms with Gasteiger partial charge in [-0.25, -0.2) is 0 Å². The van der Waals surface area contributed by atoms with Crippen molar-refractivity contribution in [1.29, 1.82) is 0 Å². The van der Waals surface area contributed by atoms with Crippen molar-refractivity contribution in [2.24, 2.45) is 0 Å². The van der Waals surface area contributed by atoms with E-state index in [2.05, 4.69) is 0 Å². The second-order valence-electron chi connectivity index (χ2n) is 1.07. The van der Waals surface area contributed by atoms with Crippen LogP contribution in [0.25, 0.3) is 0 Å². The van der Waals surface area contributed by atoms with Crippen LogP contribution in [0.1, 0.15) is 0 Å². The van der Waals surface area contributed by atoms with E-state index in [4.69, 9.17) is 10.2 Å². The second kappa shape index (κ2) is 3.66. The Balaban J connectivity index is 2.75. The Morgan fingerprint density at radius 3 is 2.17 bits per heavy atom. The van der Waals surface area contributed by atoms with Gasteiger partial charge in [-0.2, -0.15) is 0 Å². The Morgan fingerprint density at radius 1 is 1.67 bits per heavy atom. The molecule has 0 amide bonds. The van der Waals surface area contributed by atoms with Crippen LogP contribution in [0, 0.1) is 0 Å². The van der Waals surface area contributed by atoms with Crippen LogP contribution in [0.3, 0.4) is 0 Å². The average Bonchev–Trinajstić information content (AvgIpc) is 1.65. The summed E-state index contributed by atoms with van der Waals surface area (Å²) in [6.45, 7) is -0.0990. The van der Waals surface area contributed by atoms with E-state index in [0.717, 1.165) is 0 Å². The SMILES string of the molecule is OCC(O)C[AsH2]. The molecule has 0 bridgehead atoms. The molecule has 0 heterocycles. The zero-order valence-electron chi connectivity index (χ0n) is 3.46. The van der Waals surface area contributed by atoms with Gasteiger partial charge in [-0.15, -0.1) is 0 Å². The number of hydrogen-bond acceptors (Lipinski definition) is 2. The summed E-state index contributed by atoms with van der Waals surface area (Å²) < 4.78 is 0. The normalized spacial score (nSPS) is 14.5. The fourth-order valence-corrected chi connectivity index (χ4v) is 0.387. The summed E-state index contributed by atoms with van der Waals surface area (Å²) in [7, 11) is 0. The molecule has 0 aromatic heterocycles. The zero-order valence-corrected chi connectivity index (χ0v) is 5.89. The van der Waals surface area contributed by atoms with Gasteiger partial charge < -0.3 is 0 Å². The fourth-order valence-electron chi connectivity index (χ4n) is 0.0745. The molecule has 0 aliphatic carbocycles. The van der Waals surface area contributed by atoms with Crippen molar-refractivity contribution in [2.75, 3.05) is 6.61 Å². The van der Waals surface area contributed by atoms with Gasteiger partial charge in [0.05, 0.1) is 0 Å². The van der Waals surface area contributed by atoms with Crippen molar-refractivity contribution in [3.05, 3.63) is 0 Å². The van der Waals surface area contributed by atoms with E-state index in [1.165, 1.54) is 16.9 Å². The maximum atomic E-state index is 8.43. The first-order chi connectivity index (χ1) is 2.81. The summed E-state index contributed by atoms with van der Waals surface area (Å²) in [4.78, 5) is 0. The number of aliphatic hydroxyl groups excluding tert-OH is 2. The van der Waals surface area contributed by atoms with Crippen LogP contribution in [-0.4, -0.2) is 39.8 Å². The van der Waals surface area contributed by atoms with E-state index >= 15 is 0 Å². The fraction of sp³-hybridized carbons (Fsp3) is 1.00. The monoisotopic (exact) mass is 152 g/mol. The van der Waals surface area contributed by atoms with Crippen molar-refractivity contribution in [3.8, 4) is 0 Å². The molecule has 6 heavy (non-hydrogen) atoms. The summed E-state index contributed by atoms with van der Waals surface area (Å²) in [5, 5.41) is 17.2. The topological polar surface area (TPSA) is 40.5 Å². The second-order valence-corrected chi connectivity index (χ2v) is 2.06. The van der Waals surface area contributed by atoms with Gasteiger partial charge in [0.15, 0.2) is 0 Å². The summed E-state index contributed by atoms with van der Waals surface area (Å²) in [5.74, 6) is 0. The molecule has 2 N–H and O–H groups in total. The van der Waals surface area contributed by atoms with Gasteiger partial charge in [0.1, 0.15) is 0 Å². The van der Waals surface area contributed by atoms with E-state index in [0.29, 0.717) is 5.21 Å². The molecular weight excluding hydrogens is 143 g/mol. The first kappa shape index (κ1) is 6.48. The Hall–Kier alpha value is 0.478. The molecule has 2 atom stereocenters. The molecule has 0 spiro atoms. The van der Waals surface area contributed by atoms with Crippen molar-refractivity contribution in [2.45, 2.75) is 11.3 Å². The molecule has 3 heteroatoms. The van der Waals surface area contributed by atoms with Crippen molar-refractivity contribution in [3.63, 3.8) is 0 Å². The molecule has 0 saturated heterocycles. The molecular formula is C3H9AsO2. The van der Waals surface area contributed by atoms with Gasteiger partial charge in [-0.05, 0) is 0 Å². The molecule has 38 valence electrons. The van der Waals surface area contributed by atoms with Crippen LogP contribution in [-0.2, 0) is 0 Å². The van der Waals surface area contributed by atoms with Gasteiger partial charge in [0.2, 0.25) is 0 Å². The number of aliphatic hydroxyl groups is 2. The van der Waals surface area contributed by atoms with Crippen molar-refractivity contribution in [1.82, 2.24) is 0 Å². The molecule has 0 aliphatic rings. The molecule has 2 nitrogen and oxygen atoms in total. The Morgan fingerprint density at radius 2 is 2.17 bits per heavy atom. The molecule has 0 aliphatic heterocycles. The van der Waals surface area contributed by atoms with Crippen LogP contribution >= 0.6 is 0 Å². The molecule has 0 aromatic rings. The van der Waals surface area contributed by atoms with E-state index in [1.807, 2.05) is 0 Å². The first-order valence-electron chi connectivity index (χ1n) is 1.80. The van der Waals surface area contributed by atoms with Crippen LogP contribution in [0.5, 0.6) is 0 Å². The van der Waals surface area contributed by atoms with Gasteiger partial charge in [-0.1, -0.05) is 0 Å².